The molecule has 0 heterocycles. The molecule has 14 heavy (non-hydrogen) atoms. The zero-order chi connectivity index (χ0) is 10.3. The Labute approximate surface area is 88.2 Å². The lowest BCUT2D eigenvalue weighted by Crippen LogP contribution is -2.07. The first kappa shape index (κ1) is 9.77. The van der Waals surface area contributed by atoms with Gasteiger partial charge < -0.3 is 0 Å². The molecule has 1 aromatic carbocycles. The van der Waals surface area contributed by atoms with E-state index in [2.05, 4.69) is 15.9 Å². The number of carbonyl (C=O) groups excluding carboxylic acids is 1. The average molecular weight is 261 g/mol. The van der Waals surface area contributed by atoms with Crippen LogP contribution in [0.1, 0.15) is 16.8 Å². The first-order valence-corrected chi connectivity index (χ1v) is 4.97. The van der Waals surface area contributed by atoms with Crippen molar-refractivity contribution in [3.8, 4) is 0 Å². The molecule has 1 aliphatic rings. The average Bonchev–Trinajstić information content (AvgIpc) is 2.74. The molecule has 0 unspecified atom stereocenters. The van der Waals surface area contributed by atoms with Gasteiger partial charge in [0.2, 0.25) is 0 Å². The highest BCUT2D eigenvalue weighted by atomic mass is 79.9. The maximum atomic E-state index is 12.6. The van der Waals surface area contributed by atoms with Crippen LogP contribution in [0.25, 0.3) is 0 Å². The molecule has 2 rings (SSSR count). The number of carbonyl (C=O) groups is 1. The third-order valence-electron chi connectivity index (χ3n) is 2.25. The second kappa shape index (κ2) is 3.12. The molecule has 1 atom stereocenters. The Bertz CT molecular complexity index is 389. The van der Waals surface area contributed by atoms with E-state index in [9.17, 15) is 13.6 Å². The predicted octanol–water partition coefficient (Wildman–Crippen LogP) is 3.29. The Hall–Kier alpha value is -0.770. The van der Waals surface area contributed by atoms with Crippen molar-refractivity contribution in [2.45, 2.75) is 12.3 Å². The Morgan fingerprint density at radius 3 is 2.64 bits per heavy atom. The van der Waals surface area contributed by atoms with Gasteiger partial charge in [0, 0.05) is 16.5 Å². The molecule has 1 nitrogen and oxygen atoms in total. The number of hydrogen-bond acceptors (Lipinski definition) is 1. The summed E-state index contributed by atoms with van der Waals surface area (Å²) in [6, 6.07) is 6.54. The van der Waals surface area contributed by atoms with Crippen LogP contribution in [0.5, 0.6) is 0 Å². The molecule has 74 valence electrons. The number of hydrogen-bond donors (Lipinski definition) is 0. The fourth-order valence-corrected chi connectivity index (χ4v) is 1.74. The Kier molecular flexibility index (Phi) is 2.18. The van der Waals surface area contributed by atoms with E-state index in [-0.39, 0.29) is 6.42 Å². The second-order valence-corrected chi connectivity index (χ2v) is 4.31. The highest BCUT2D eigenvalue weighted by Crippen LogP contribution is 2.50. The molecule has 0 saturated heterocycles. The van der Waals surface area contributed by atoms with E-state index in [1.807, 2.05) is 0 Å². The Balaban J connectivity index is 2.21. The van der Waals surface area contributed by atoms with E-state index >= 15 is 0 Å². The molecule has 4 heteroatoms. The van der Waals surface area contributed by atoms with Gasteiger partial charge in [-0.25, -0.2) is 8.78 Å². The van der Waals surface area contributed by atoms with Crippen molar-refractivity contribution >= 4 is 21.7 Å². The fourth-order valence-electron chi connectivity index (χ4n) is 1.34. The maximum Gasteiger partial charge on any atom is 0.259 e. The molecule has 0 bridgehead atoms. The van der Waals surface area contributed by atoms with Crippen molar-refractivity contribution in [2.24, 2.45) is 5.92 Å². The zero-order valence-corrected chi connectivity index (χ0v) is 8.72. The van der Waals surface area contributed by atoms with Crippen LogP contribution in [-0.2, 0) is 0 Å². The molecule has 1 aromatic rings. The van der Waals surface area contributed by atoms with Crippen LogP contribution in [0.2, 0.25) is 0 Å². The summed E-state index contributed by atoms with van der Waals surface area (Å²) in [6.45, 7) is 0. The number of benzene rings is 1. The van der Waals surface area contributed by atoms with E-state index in [1.54, 1.807) is 24.3 Å². The molecule has 0 N–H and O–H groups in total. The van der Waals surface area contributed by atoms with Crippen molar-refractivity contribution in [3.05, 3.63) is 34.3 Å². The van der Waals surface area contributed by atoms with E-state index in [0.29, 0.717) is 5.56 Å². The SMILES string of the molecule is O=C(c1cccc(Br)c1)[C@H]1CC1(F)F. The van der Waals surface area contributed by atoms with Crippen LogP contribution in [0.3, 0.4) is 0 Å². The summed E-state index contributed by atoms with van der Waals surface area (Å²) in [5.41, 5.74) is 0.349. The molecule has 0 radical (unpaired) electrons. The van der Waals surface area contributed by atoms with Gasteiger partial charge in [-0.3, -0.25) is 4.79 Å². The van der Waals surface area contributed by atoms with Crippen LogP contribution < -0.4 is 0 Å². The maximum absolute atomic E-state index is 12.6. The van der Waals surface area contributed by atoms with E-state index in [1.165, 1.54) is 0 Å². The number of ketones is 1. The molecule has 1 fully saturated rings. The summed E-state index contributed by atoms with van der Waals surface area (Å²) >= 11 is 3.19. The van der Waals surface area contributed by atoms with Gasteiger partial charge in [0.1, 0.15) is 0 Å². The van der Waals surface area contributed by atoms with Crippen LogP contribution in [0.15, 0.2) is 28.7 Å². The van der Waals surface area contributed by atoms with Crippen molar-refractivity contribution in [1.82, 2.24) is 0 Å². The normalized spacial score (nSPS) is 23.2. The smallest absolute Gasteiger partial charge is 0.259 e. The predicted molar refractivity (Wildman–Crippen MR) is 51.5 cm³/mol. The highest BCUT2D eigenvalue weighted by molar-refractivity contribution is 9.10. The number of rotatable bonds is 2. The molecular weight excluding hydrogens is 254 g/mol. The summed E-state index contributed by atoms with van der Waals surface area (Å²) in [6.07, 6.45) is -0.307. The van der Waals surface area contributed by atoms with Gasteiger partial charge >= 0.3 is 0 Å². The lowest BCUT2D eigenvalue weighted by molar-refractivity contribution is 0.0757. The number of alkyl halides is 2. The molecular formula is C10H7BrF2O. The Morgan fingerprint density at radius 2 is 2.14 bits per heavy atom. The minimum atomic E-state index is -2.78. The minimum Gasteiger partial charge on any atom is -0.294 e. The summed E-state index contributed by atoms with van der Waals surface area (Å²) in [5.74, 6) is -4.34. The Morgan fingerprint density at radius 1 is 1.50 bits per heavy atom. The quantitative estimate of drug-likeness (QED) is 0.746. The standard InChI is InChI=1S/C10H7BrF2O/c11-7-3-1-2-6(4-7)9(14)8-5-10(8,12)13/h1-4,8H,5H2/t8-/m1/s1. The fraction of sp³-hybridized carbons (Fsp3) is 0.300. The first-order chi connectivity index (χ1) is 6.50. The van der Waals surface area contributed by atoms with E-state index in [0.717, 1.165) is 4.47 Å². The molecule has 0 aromatic heterocycles. The largest absolute Gasteiger partial charge is 0.294 e. The van der Waals surface area contributed by atoms with Gasteiger partial charge in [0.05, 0.1) is 5.92 Å². The molecule has 0 amide bonds. The van der Waals surface area contributed by atoms with E-state index in [4.69, 9.17) is 0 Å². The molecule has 1 aliphatic carbocycles. The summed E-state index contributed by atoms with van der Waals surface area (Å²) in [5, 5.41) is 0. The van der Waals surface area contributed by atoms with Gasteiger partial charge in [-0.1, -0.05) is 28.1 Å². The van der Waals surface area contributed by atoms with Gasteiger partial charge in [0.15, 0.2) is 5.78 Å². The number of halogens is 3. The third-order valence-corrected chi connectivity index (χ3v) is 2.74. The zero-order valence-electron chi connectivity index (χ0n) is 7.14. The van der Waals surface area contributed by atoms with Gasteiger partial charge in [0.25, 0.3) is 5.92 Å². The van der Waals surface area contributed by atoms with Crippen LogP contribution >= 0.6 is 15.9 Å². The molecule has 1 saturated carbocycles. The summed E-state index contributed by atoms with van der Waals surface area (Å²) in [4.78, 5) is 11.5. The van der Waals surface area contributed by atoms with Crippen molar-refractivity contribution in [3.63, 3.8) is 0 Å². The summed E-state index contributed by atoms with van der Waals surface area (Å²) in [7, 11) is 0. The highest BCUT2D eigenvalue weighted by Gasteiger charge is 2.61. The van der Waals surface area contributed by atoms with Gasteiger partial charge in [-0.2, -0.15) is 0 Å². The van der Waals surface area contributed by atoms with Gasteiger partial charge in [-0.15, -0.1) is 0 Å². The molecule has 0 spiro atoms. The van der Waals surface area contributed by atoms with Gasteiger partial charge in [-0.05, 0) is 12.1 Å². The van der Waals surface area contributed by atoms with Crippen molar-refractivity contribution < 1.29 is 13.6 Å². The number of Topliss-reactive ketones (excluding diaryl/α,β-unsaturated/α-hetero) is 1. The lowest BCUT2D eigenvalue weighted by Gasteiger charge is -1.99. The minimum absolute atomic E-state index is 0.307. The van der Waals surface area contributed by atoms with Crippen molar-refractivity contribution in [2.75, 3.05) is 0 Å². The monoisotopic (exact) mass is 260 g/mol. The van der Waals surface area contributed by atoms with E-state index < -0.39 is 17.6 Å². The topological polar surface area (TPSA) is 17.1 Å². The summed E-state index contributed by atoms with van der Waals surface area (Å²) < 4.78 is 25.9. The molecule has 0 aliphatic heterocycles. The lowest BCUT2D eigenvalue weighted by atomic mass is 10.1. The van der Waals surface area contributed by atoms with Crippen LogP contribution in [0.4, 0.5) is 8.78 Å². The van der Waals surface area contributed by atoms with Crippen LogP contribution in [-0.4, -0.2) is 11.7 Å². The third kappa shape index (κ3) is 1.71. The second-order valence-electron chi connectivity index (χ2n) is 3.39. The van der Waals surface area contributed by atoms with Crippen molar-refractivity contribution in [1.29, 1.82) is 0 Å². The first-order valence-electron chi connectivity index (χ1n) is 4.18. The van der Waals surface area contributed by atoms with Crippen LogP contribution in [0, 0.1) is 5.92 Å².